The maximum atomic E-state index is 9.09. The van der Waals surface area contributed by atoms with Crippen LogP contribution in [0.2, 0.25) is 0 Å². The number of anilines is 1. The van der Waals surface area contributed by atoms with Crippen molar-refractivity contribution >= 4 is 16.7 Å². The van der Waals surface area contributed by atoms with Crippen LogP contribution in [0.25, 0.3) is 10.9 Å². The molecular formula is C15H19N3O. The van der Waals surface area contributed by atoms with Gasteiger partial charge in [-0.3, -0.25) is 0 Å². The quantitative estimate of drug-likeness (QED) is 0.893. The third kappa shape index (κ3) is 2.40. The highest BCUT2D eigenvalue weighted by molar-refractivity contribution is 5.89. The number of aliphatic hydroxyl groups is 1. The molecule has 1 aromatic heterocycles. The van der Waals surface area contributed by atoms with Gasteiger partial charge in [0.1, 0.15) is 12.1 Å². The molecule has 0 spiro atoms. The van der Waals surface area contributed by atoms with Crippen LogP contribution in [-0.4, -0.2) is 34.3 Å². The number of rotatable bonds is 5. The van der Waals surface area contributed by atoms with E-state index in [4.69, 9.17) is 5.11 Å². The van der Waals surface area contributed by atoms with Gasteiger partial charge in [-0.05, 0) is 37.8 Å². The zero-order valence-electron chi connectivity index (χ0n) is 11.0. The lowest BCUT2D eigenvalue weighted by molar-refractivity contribution is 0.282. The summed E-state index contributed by atoms with van der Waals surface area (Å²) in [7, 11) is 0. The van der Waals surface area contributed by atoms with Crippen molar-refractivity contribution in [3.05, 3.63) is 30.6 Å². The first-order chi connectivity index (χ1) is 9.40. The first-order valence-corrected chi connectivity index (χ1v) is 6.97. The molecule has 0 radical (unpaired) electrons. The molecule has 19 heavy (non-hydrogen) atoms. The number of aromatic nitrogens is 2. The van der Waals surface area contributed by atoms with Crippen LogP contribution in [-0.2, 0) is 0 Å². The summed E-state index contributed by atoms with van der Waals surface area (Å²) < 4.78 is 0. The number of nitrogens with zero attached hydrogens (tertiary/aromatic N) is 3. The lowest BCUT2D eigenvalue weighted by atomic mass is 9.91. The molecule has 1 N–H and O–H groups in total. The van der Waals surface area contributed by atoms with Crippen LogP contribution in [0.5, 0.6) is 0 Å². The molecule has 4 nitrogen and oxygen atoms in total. The number of aliphatic hydroxyl groups excluding tert-OH is 1. The highest BCUT2D eigenvalue weighted by atomic mass is 16.3. The molecule has 2 aromatic rings. The van der Waals surface area contributed by atoms with Crippen molar-refractivity contribution in [2.75, 3.05) is 18.1 Å². The van der Waals surface area contributed by atoms with Gasteiger partial charge in [0.05, 0.1) is 5.52 Å². The second-order valence-electron chi connectivity index (χ2n) is 5.07. The summed E-state index contributed by atoms with van der Waals surface area (Å²) in [6, 6.07) is 8.70. The average molecular weight is 257 g/mol. The number of hydrogen-bond donors (Lipinski definition) is 1. The summed E-state index contributed by atoms with van der Waals surface area (Å²) in [5.74, 6) is 1.02. The number of hydrogen-bond acceptors (Lipinski definition) is 4. The van der Waals surface area contributed by atoms with Crippen molar-refractivity contribution in [2.24, 2.45) is 0 Å². The maximum Gasteiger partial charge on any atom is 0.140 e. The van der Waals surface area contributed by atoms with E-state index >= 15 is 0 Å². The Morgan fingerprint density at radius 1 is 1.21 bits per heavy atom. The molecule has 1 saturated carbocycles. The van der Waals surface area contributed by atoms with E-state index in [9.17, 15) is 0 Å². The normalized spacial score (nSPS) is 15.4. The van der Waals surface area contributed by atoms with E-state index < -0.39 is 0 Å². The summed E-state index contributed by atoms with van der Waals surface area (Å²) in [6.45, 7) is 1.09. The SMILES string of the molecule is OCCCN(c1ncnc2ccccc12)C1CCC1. The fourth-order valence-electron chi connectivity index (χ4n) is 2.62. The van der Waals surface area contributed by atoms with Gasteiger partial charge in [-0.25, -0.2) is 9.97 Å². The maximum absolute atomic E-state index is 9.09. The highest BCUT2D eigenvalue weighted by Crippen LogP contribution is 2.31. The monoisotopic (exact) mass is 257 g/mol. The van der Waals surface area contributed by atoms with E-state index in [1.807, 2.05) is 18.2 Å². The van der Waals surface area contributed by atoms with Gasteiger partial charge < -0.3 is 10.0 Å². The Morgan fingerprint density at radius 2 is 2.05 bits per heavy atom. The van der Waals surface area contributed by atoms with Crippen molar-refractivity contribution in [1.29, 1.82) is 0 Å². The first kappa shape index (κ1) is 12.4. The molecule has 1 aliphatic carbocycles. The van der Waals surface area contributed by atoms with Gasteiger partial charge in [-0.15, -0.1) is 0 Å². The van der Waals surface area contributed by atoms with Crippen LogP contribution in [0.3, 0.4) is 0 Å². The van der Waals surface area contributed by atoms with Gasteiger partial charge in [0, 0.05) is 24.6 Å². The van der Waals surface area contributed by atoms with E-state index in [1.54, 1.807) is 6.33 Å². The third-order valence-electron chi connectivity index (χ3n) is 3.87. The molecule has 1 aliphatic rings. The highest BCUT2D eigenvalue weighted by Gasteiger charge is 2.26. The second kappa shape index (κ2) is 5.53. The van der Waals surface area contributed by atoms with Gasteiger partial charge >= 0.3 is 0 Å². The Hall–Kier alpha value is -1.68. The summed E-state index contributed by atoms with van der Waals surface area (Å²) in [6.07, 6.45) is 6.17. The molecule has 4 heteroatoms. The molecule has 1 heterocycles. The predicted octanol–water partition coefficient (Wildman–Crippen LogP) is 2.37. The van der Waals surface area contributed by atoms with Crippen LogP contribution in [0.1, 0.15) is 25.7 Å². The average Bonchev–Trinajstić information content (AvgIpc) is 2.41. The smallest absolute Gasteiger partial charge is 0.140 e. The van der Waals surface area contributed by atoms with Gasteiger partial charge in [0.25, 0.3) is 0 Å². The minimum atomic E-state index is 0.228. The van der Waals surface area contributed by atoms with Gasteiger partial charge in [0.2, 0.25) is 0 Å². The van der Waals surface area contributed by atoms with Crippen molar-refractivity contribution < 1.29 is 5.11 Å². The van der Waals surface area contributed by atoms with Gasteiger partial charge in [0.15, 0.2) is 0 Å². The molecular weight excluding hydrogens is 238 g/mol. The molecule has 0 amide bonds. The number of benzene rings is 1. The summed E-state index contributed by atoms with van der Waals surface area (Å²) in [4.78, 5) is 11.2. The minimum Gasteiger partial charge on any atom is -0.396 e. The Balaban J connectivity index is 1.98. The summed E-state index contributed by atoms with van der Waals surface area (Å²) >= 11 is 0. The van der Waals surface area contributed by atoms with Crippen LogP contribution in [0.4, 0.5) is 5.82 Å². The van der Waals surface area contributed by atoms with Gasteiger partial charge in [-0.2, -0.15) is 0 Å². The molecule has 0 atom stereocenters. The zero-order valence-corrected chi connectivity index (χ0v) is 11.0. The lowest BCUT2D eigenvalue weighted by Crippen LogP contribution is -2.41. The third-order valence-corrected chi connectivity index (χ3v) is 3.87. The Kier molecular flexibility index (Phi) is 3.60. The van der Waals surface area contributed by atoms with Crippen LogP contribution >= 0.6 is 0 Å². The fourth-order valence-corrected chi connectivity index (χ4v) is 2.62. The molecule has 0 bridgehead atoms. The Morgan fingerprint density at radius 3 is 2.79 bits per heavy atom. The van der Waals surface area contributed by atoms with E-state index in [-0.39, 0.29) is 6.61 Å². The lowest BCUT2D eigenvalue weighted by Gasteiger charge is -2.38. The summed E-state index contributed by atoms with van der Waals surface area (Å²) in [5, 5.41) is 10.2. The van der Waals surface area contributed by atoms with E-state index in [0.717, 1.165) is 29.7 Å². The van der Waals surface area contributed by atoms with Crippen LogP contribution in [0, 0.1) is 0 Å². The predicted molar refractivity (Wildman–Crippen MR) is 76.2 cm³/mol. The topological polar surface area (TPSA) is 49.2 Å². The standard InChI is InChI=1S/C15H19N3O/c19-10-4-9-18(12-5-3-6-12)15-13-7-1-2-8-14(13)16-11-17-15/h1-2,7-8,11-12,19H,3-6,9-10H2. The molecule has 1 aromatic carbocycles. The van der Waals surface area contributed by atoms with Gasteiger partial charge in [-0.1, -0.05) is 12.1 Å². The van der Waals surface area contributed by atoms with E-state index in [2.05, 4.69) is 20.9 Å². The zero-order chi connectivity index (χ0) is 13.1. The molecule has 0 unspecified atom stereocenters. The van der Waals surface area contributed by atoms with Crippen LogP contribution < -0.4 is 4.90 Å². The van der Waals surface area contributed by atoms with Crippen LogP contribution in [0.15, 0.2) is 30.6 Å². The molecule has 100 valence electrons. The van der Waals surface area contributed by atoms with Crippen molar-refractivity contribution in [3.8, 4) is 0 Å². The van der Waals surface area contributed by atoms with Crippen molar-refractivity contribution in [2.45, 2.75) is 31.7 Å². The first-order valence-electron chi connectivity index (χ1n) is 6.97. The van der Waals surface area contributed by atoms with E-state index in [1.165, 1.54) is 19.3 Å². The summed E-state index contributed by atoms with van der Waals surface area (Å²) in [5.41, 5.74) is 0.987. The Bertz CT molecular complexity index is 549. The molecule has 3 rings (SSSR count). The van der Waals surface area contributed by atoms with Crippen molar-refractivity contribution in [3.63, 3.8) is 0 Å². The molecule has 0 aliphatic heterocycles. The minimum absolute atomic E-state index is 0.228. The van der Waals surface area contributed by atoms with E-state index in [0.29, 0.717) is 6.04 Å². The van der Waals surface area contributed by atoms with Crippen molar-refractivity contribution in [1.82, 2.24) is 9.97 Å². The molecule has 0 saturated heterocycles. The fraction of sp³-hybridized carbons (Fsp3) is 0.467. The number of fused-ring (bicyclic) bond motifs is 1. The second-order valence-corrected chi connectivity index (χ2v) is 5.07. The largest absolute Gasteiger partial charge is 0.396 e. The number of para-hydroxylation sites is 1. The Labute approximate surface area is 113 Å². The molecule has 1 fully saturated rings.